The molecule has 2 heterocycles. The molecule has 0 N–H and O–H groups in total. The molecule has 0 bridgehead atoms. The molecule has 0 saturated heterocycles. The highest BCUT2D eigenvalue weighted by Crippen LogP contribution is 2.43. The molecular formula is C29H41F4N3O2. The predicted molar refractivity (Wildman–Crippen MR) is 140 cm³/mol. The van der Waals surface area contributed by atoms with Gasteiger partial charge in [0.2, 0.25) is 5.95 Å². The van der Waals surface area contributed by atoms with E-state index in [0.29, 0.717) is 18.8 Å². The Hall–Kier alpha value is -2.29. The van der Waals surface area contributed by atoms with Gasteiger partial charge in [-0.15, -0.1) is 0 Å². The third-order valence-corrected chi connectivity index (χ3v) is 6.94. The second kappa shape index (κ2) is 15.3. The van der Waals surface area contributed by atoms with Gasteiger partial charge in [0.25, 0.3) is 0 Å². The summed E-state index contributed by atoms with van der Waals surface area (Å²) < 4.78 is 70.3. The average molecular weight is 540 g/mol. The minimum Gasteiger partial charge on any atom is -0.490 e. The number of unbranched alkanes of at least 4 members (excludes halogenated alkanes) is 8. The molecule has 3 rings (SSSR count). The number of pyridine rings is 1. The van der Waals surface area contributed by atoms with Crippen molar-refractivity contribution in [1.82, 2.24) is 15.0 Å². The molecule has 0 aromatic carbocycles. The van der Waals surface area contributed by atoms with Crippen molar-refractivity contribution >= 4 is 0 Å². The van der Waals surface area contributed by atoms with Crippen molar-refractivity contribution in [3.05, 3.63) is 35.5 Å². The van der Waals surface area contributed by atoms with Crippen LogP contribution in [0.1, 0.15) is 102 Å². The van der Waals surface area contributed by atoms with Crippen molar-refractivity contribution in [3.8, 4) is 17.3 Å². The SMILES string of the molecule is CCCCCCCCOc1cnc(-c2cc3c(c(F)n2)C(F)(F)C(OCC(F)CCCCCC)CC3)nc1. The first-order valence-corrected chi connectivity index (χ1v) is 14.1. The normalized spacial score (nSPS) is 17.3. The van der Waals surface area contributed by atoms with Crippen molar-refractivity contribution in [2.75, 3.05) is 13.2 Å². The lowest BCUT2D eigenvalue weighted by atomic mass is 9.87. The Labute approximate surface area is 223 Å². The first kappa shape index (κ1) is 30.3. The minimum absolute atomic E-state index is 0.0441. The van der Waals surface area contributed by atoms with Crippen LogP contribution in [-0.2, 0) is 17.1 Å². The van der Waals surface area contributed by atoms with E-state index in [1.165, 1.54) is 44.1 Å². The molecule has 212 valence electrons. The lowest BCUT2D eigenvalue weighted by Crippen LogP contribution is -2.40. The number of hydrogen-bond donors (Lipinski definition) is 0. The summed E-state index contributed by atoms with van der Waals surface area (Å²) >= 11 is 0. The summed E-state index contributed by atoms with van der Waals surface area (Å²) in [6, 6.07) is 1.40. The van der Waals surface area contributed by atoms with E-state index in [0.717, 1.165) is 32.1 Å². The van der Waals surface area contributed by atoms with Crippen molar-refractivity contribution in [2.24, 2.45) is 0 Å². The number of alkyl halides is 3. The molecule has 0 saturated carbocycles. The van der Waals surface area contributed by atoms with Gasteiger partial charge < -0.3 is 9.47 Å². The number of fused-ring (bicyclic) bond motifs is 1. The molecule has 9 heteroatoms. The van der Waals surface area contributed by atoms with Gasteiger partial charge in [-0.05, 0) is 37.3 Å². The average Bonchev–Trinajstić information content (AvgIpc) is 2.90. The quantitative estimate of drug-likeness (QED) is 0.115. The summed E-state index contributed by atoms with van der Waals surface area (Å²) in [6.45, 7) is 4.38. The maximum atomic E-state index is 15.2. The van der Waals surface area contributed by atoms with E-state index < -0.39 is 36.3 Å². The van der Waals surface area contributed by atoms with Crippen LogP contribution in [0.25, 0.3) is 11.5 Å². The van der Waals surface area contributed by atoms with E-state index in [1.807, 2.05) is 0 Å². The summed E-state index contributed by atoms with van der Waals surface area (Å²) in [5.74, 6) is -4.27. The molecule has 38 heavy (non-hydrogen) atoms. The van der Waals surface area contributed by atoms with Crippen molar-refractivity contribution in [2.45, 2.75) is 116 Å². The molecule has 0 amide bonds. The summed E-state index contributed by atoms with van der Waals surface area (Å²) in [5, 5.41) is 0. The van der Waals surface area contributed by atoms with E-state index in [-0.39, 0.29) is 36.3 Å². The molecule has 1 aliphatic rings. The van der Waals surface area contributed by atoms with E-state index in [9.17, 15) is 8.78 Å². The fourth-order valence-electron chi connectivity index (χ4n) is 4.74. The van der Waals surface area contributed by atoms with Gasteiger partial charge in [0.1, 0.15) is 18.0 Å². The number of nitrogens with zero attached hydrogens (tertiary/aromatic N) is 3. The van der Waals surface area contributed by atoms with Crippen molar-refractivity contribution in [1.29, 1.82) is 0 Å². The Balaban J connectivity index is 1.57. The molecule has 0 fully saturated rings. The van der Waals surface area contributed by atoms with Crippen LogP contribution in [0, 0.1) is 5.95 Å². The molecule has 0 radical (unpaired) electrons. The van der Waals surface area contributed by atoms with Gasteiger partial charge in [-0.25, -0.2) is 19.3 Å². The maximum Gasteiger partial charge on any atom is 0.303 e. The molecule has 0 spiro atoms. The molecule has 1 aliphatic carbocycles. The third kappa shape index (κ3) is 8.61. The number of aryl methyl sites for hydroxylation is 1. The lowest BCUT2D eigenvalue weighted by Gasteiger charge is -2.33. The molecule has 2 aromatic heterocycles. The highest BCUT2D eigenvalue weighted by molar-refractivity contribution is 5.53. The van der Waals surface area contributed by atoms with Crippen LogP contribution in [0.4, 0.5) is 17.6 Å². The van der Waals surface area contributed by atoms with Gasteiger partial charge >= 0.3 is 5.92 Å². The number of ether oxygens (including phenoxy) is 2. The standard InChI is InChI=1S/C29H41F4N3O2/c1-3-5-7-9-10-12-16-37-23-18-34-28(35-19-23)24-17-21-14-15-25(29(32,33)26(21)27(31)36-24)38-20-22(30)13-11-8-6-4-2/h17-19,22,25H,3-16,20H2,1-2H3. The van der Waals surface area contributed by atoms with Crippen LogP contribution < -0.4 is 4.74 Å². The largest absolute Gasteiger partial charge is 0.490 e. The zero-order chi connectivity index (χ0) is 27.4. The Morgan fingerprint density at radius 1 is 0.974 bits per heavy atom. The van der Waals surface area contributed by atoms with Crippen LogP contribution >= 0.6 is 0 Å². The molecule has 2 aromatic rings. The smallest absolute Gasteiger partial charge is 0.303 e. The Morgan fingerprint density at radius 2 is 1.63 bits per heavy atom. The number of hydrogen-bond acceptors (Lipinski definition) is 5. The van der Waals surface area contributed by atoms with Crippen LogP contribution in [0.5, 0.6) is 5.75 Å². The van der Waals surface area contributed by atoms with E-state index in [4.69, 9.17) is 9.47 Å². The molecular weight excluding hydrogens is 498 g/mol. The van der Waals surface area contributed by atoms with Crippen LogP contribution in [-0.4, -0.2) is 40.4 Å². The number of halogens is 4. The summed E-state index contributed by atoms with van der Waals surface area (Å²) in [6.07, 6.45) is 11.0. The molecule has 5 nitrogen and oxygen atoms in total. The highest BCUT2D eigenvalue weighted by atomic mass is 19.3. The Bertz CT molecular complexity index is 975. The first-order chi connectivity index (χ1) is 18.4. The van der Waals surface area contributed by atoms with Gasteiger partial charge in [-0.3, -0.25) is 0 Å². The minimum atomic E-state index is -3.61. The fourth-order valence-corrected chi connectivity index (χ4v) is 4.74. The van der Waals surface area contributed by atoms with E-state index >= 15 is 8.78 Å². The third-order valence-electron chi connectivity index (χ3n) is 6.94. The fraction of sp³-hybridized carbons (Fsp3) is 0.690. The highest BCUT2D eigenvalue weighted by Gasteiger charge is 2.49. The van der Waals surface area contributed by atoms with Crippen LogP contribution in [0.2, 0.25) is 0 Å². The second-order valence-corrected chi connectivity index (χ2v) is 10.1. The van der Waals surface area contributed by atoms with Crippen molar-refractivity contribution < 1.29 is 27.0 Å². The summed E-state index contributed by atoms with van der Waals surface area (Å²) in [4.78, 5) is 12.1. The van der Waals surface area contributed by atoms with Crippen LogP contribution in [0.15, 0.2) is 18.5 Å². The van der Waals surface area contributed by atoms with Gasteiger partial charge in [0.15, 0.2) is 11.6 Å². The maximum absolute atomic E-state index is 15.2. The lowest BCUT2D eigenvalue weighted by molar-refractivity contribution is -0.160. The number of aromatic nitrogens is 3. The predicted octanol–water partition coefficient (Wildman–Crippen LogP) is 8.15. The zero-order valence-electron chi connectivity index (χ0n) is 22.7. The first-order valence-electron chi connectivity index (χ1n) is 14.1. The monoisotopic (exact) mass is 539 g/mol. The Morgan fingerprint density at radius 3 is 2.34 bits per heavy atom. The molecule has 2 atom stereocenters. The number of rotatable bonds is 17. The van der Waals surface area contributed by atoms with Gasteiger partial charge in [0.05, 0.1) is 31.2 Å². The van der Waals surface area contributed by atoms with Crippen LogP contribution in [0.3, 0.4) is 0 Å². The molecule has 2 unspecified atom stereocenters. The summed E-state index contributed by atoms with van der Waals surface area (Å²) in [7, 11) is 0. The van der Waals surface area contributed by atoms with E-state index in [2.05, 4.69) is 28.8 Å². The summed E-state index contributed by atoms with van der Waals surface area (Å²) in [5.41, 5.74) is -0.565. The van der Waals surface area contributed by atoms with Crippen molar-refractivity contribution in [3.63, 3.8) is 0 Å². The topological polar surface area (TPSA) is 57.1 Å². The van der Waals surface area contributed by atoms with Gasteiger partial charge in [-0.1, -0.05) is 71.6 Å². The Kier molecular flexibility index (Phi) is 12.2. The second-order valence-electron chi connectivity index (χ2n) is 10.1. The van der Waals surface area contributed by atoms with E-state index in [1.54, 1.807) is 0 Å². The molecule has 0 aliphatic heterocycles. The van der Waals surface area contributed by atoms with Gasteiger partial charge in [-0.2, -0.15) is 13.2 Å². The van der Waals surface area contributed by atoms with Gasteiger partial charge in [0, 0.05) is 0 Å². The zero-order valence-corrected chi connectivity index (χ0v) is 22.7.